The van der Waals surface area contributed by atoms with Gasteiger partial charge in [-0.3, -0.25) is 0 Å². The molecule has 0 fully saturated rings. The monoisotopic (exact) mass is 1040 g/mol. The second kappa shape index (κ2) is 16.4. The number of rotatable bonds is 7. The van der Waals surface area contributed by atoms with Crippen molar-refractivity contribution in [2.45, 2.75) is 77.7 Å². The van der Waals surface area contributed by atoms with Gasteiger partial charge in [0.2, 0.25) is 0 Å². The van der Waals surface area contributed by atoms with E-state index in [0.717, 1.165) is 47.6 Å². The van der Waals surface area contributed by atoms with Gasteiger partial charge in [-0.1, -0.05) is 39.0 Å². The third-order valence-corrected chi connectivity index (χ3v) is 14.6. The maximum absolute atomic E-state index is 6.91. The molecule has 11 rings (SSSR count). The van der Waals surface area contributed by atoms with Crippen LogP contribution in [0.4, 0.5) is 0 Å². The van der Waals surface area contributed by atoms with Gasteiger partial charge in [0.1, 0.15) is 0 Å². The summed E-state index contributed by atoms with van der Waals surface area (Å²) in [5.74, 6) is 2.54. The summed E-state index contributed by atoms with van der Waals surface area (Å²) in [6, 6.07) is 62.0. The molecule has 1 atom stereocenters. The van der Waals surface area contributed by atoms with Crippen LogP contribution in [0.3, 0.4) is 0 Å². The van der Waals surface area contributed by atoms with Crippen LogP contribution in [0.2, 0.25) is 0 Å². The van der Waals surface area contributed by atoms with Gasteiger partial charge in [-0.25, -0.2) is 4.98 Å². The number of hydrogen-bond donors (Lipinski definition) is 0. The number of pyridine rings is 1. The first kappa shape index (κ1) is 42.1. The van der Waals surface area contributed by atoms with Crippen molar-refractivity contribution in [1.82, 2.24) is 18.7 Å². The van der Waals surface area contributed by atoms with Gasteiger partial charge in [0.05, 0.1) is 0 Å². The Hall–Kier alpha value is -6.55. The molecule has 0 radical (unpaired) electrons. The number of aryl methyl sites for hydroxylation is 1. The van der Waals surface area contributed by atoms with E-state index in [-0.39, 0.29) is 16.9 Å². The molecule has 0 bridgehead atoms. The Labute approximate surface area is 398 Å². The van der Waals surface area contributed by atoms with Crippen molar-refractivity contribution in [1.29, 1.82) is 0 Å². The predicted octanol–water partition coefficient (Wildman–Crippen LogP) is 15.6. The molecule has 3 aromatic heterocycles. The third-order valence-electron chi connectivity index (χ3n) is 13.5. The summed E-state index contributed by atoms with van der Waals surface area (Å²) in [5.41, 5.74) is 15.8. The molecule has 5 nitrogen and oxygen atoms in total. The van der Waals surface area contributed by atoms with Gasteiger partial charge >= 0.3 is 321 Å². The predicted molar refractivity (Wildman–Crippen MR) is 269 cm³/mol. The van der Waals surface area contributed by atoms with Gasteiger partial charge in [0.25, 0.3) is 0 Å². The van der Waals surface area contributed by atoms with Crippen molar-refractivity contribution in [3.63, 3.8) is 0 Å². The van der Waals surface area contributed by atoms with Gasteiger partial charge in [-0.2, -0.15) is 0 Å². The zero-order valence-electron chi connectivity index (χ0n) is 38.5. The van der Waals surface area contributed by atoms with Crippen molar-refractivity contribution < 1.29 is 24.1 Å². The first-order chi connectivity index (χ1) is 31.9. The maximum atomic E-state index is 6.91. The molecule has 0 amide bonds. The normalized spacial score (nSPS) is 14.3. The van der Waals surface area contributed by atoms with Gasteiger partial charge in [0, 0.05) is 6.20 Å². The van der Waals surface area contributed by atoms with Crippen LogP contribution >= 0.6 is 0 Å². The topological polar surface area (TPSA) is 36.9 Å². The van der Waals surface area contributed by atoms with E-state index in [2.05, 4.69) is 244 Å². The van der Waals surface area contributed by atoms with Crippen LogP contribution in [-0.4, -0.2) is 18.7 Å². The zero-order valence-corrected chi connectivity index (χ0v) is 40.7. The van der Waals surface area contributed by atoms with Gasteiger partial charge in [-0.15, -0.1) is 0 Å². The second-order valence-electron chi connectivity index (χ2n) is 19.9. The van der Waals surface area contributed by atoms with E-state index in [1.54, 1.807) is 0 Å². The summed E-state index contributed by atoms with van der Waals surface area (Å²) < 4.78 is 15.5. The Morgan fingerprint density at radius 2 is 1.14 bits per heavy atom. The number of hydrogen-bond acceptors (Lipinski definition) is 2. The fourth-order valence-electron chi connectivity index (χ4n) is 10.1. The summed E-state index contributed by atoms with van der Waals surface area (Å²) in [6.45, 7) is 13.7. The maximum Gasteiger partial charge on any atom is -0.0149 e. The minimum Gasteiger partial charge on any atom is -0.0149 e. The largest absolute Gasteiger partial charge is 0.0149 e. The minimum absolute atomic E-state index is 0.00572. The van der Waals surface area contributed by atoms with Crippen molar-refractivity contribution >= 4 is 32.8 Å². The number of para-hydroxylation sites is 3. The van der Waals surface area contributed by atoms with E-state index < -0.39 is 0 Å². The number of aromatic nitrogens is 4. The Morgan fingerprint density at radius 3 is 1.82 bits per heavy atom. The molecule has 330 valence electrons. The van der Waals surface area contributed by atoms with E-state index in [1.165, 1.54) is 75.8 Å². The van der Waals surface area contributed by atoms with Crippen molar-refractivity contribution in [3.05, 3.63) is 202 Å². The van der Waals surface area contributed by atoms with Crippen LogP contribution in [0.1, 0.15) is 82.7 Å². The summed E-state index contributed by atoms with van der Waals surface area (Å²) >= 11 is 2.61. The number of fused-ring (bicyclic) bond motifs is 5. The number of nitrogens with zero attached hydrogens (tertiary/aromatic N) is 4. The molecule has 1 aliphatic carbocycles. The van der Waals surface area contributed by atoms with E-state index in [1.807, 2.05) is 6.20 Å². The van der Waals surface area contributed by atoms with Crippen molar-refractivity contribution in [2.24, 2.45) is 0 Å². The molecule has 0 aliphatic heterocycles. The van der Waals surface area contributed by atoms with Crippen LogP contribution in [0.15, 0.2) is 176 Å². The fourth-order valence-corrected chi connectivity index (χ4v) is 11.3. The van der Waals surface area contributed by atoms with Crippen LogP contribution in [0, 0.1) is 3.80 Å². The number of ether oxygens (including phenoxy) is 1. The van der Waals surface area contributed by atoms with Crippen LogP contribution in [-0.2, 0) is 36.6 Å². The molecular formula is C60H54N4OPt. The molecule has 0 saturated carbocycles. The molecule has 10 aromatic rings. The fraction of sp³-hybridized carbons (Fsp3) is 0.200. The molecule has 0 saturated heterocycles. The average molecular weight is 1040 g/mol. The third kappa shape index (κ3) is 7.38. The summed E-state index contributed by atoms with van der Waals surface area (Å²) in [4.78, 5) is 4.92. The molecule has 66 heavy (non-hydrogen) atoms. The van der Waals surface area contributed by atoms with E-state index in [4.69, 9.17) is 9.72 Å². The summed E-state index contributed by atoms with van der Waals surface area (Å²) in [6.07, 6.45) is 5.11. The molecule has 6 heteroatoms. The second-order valence-corrected chi connectivity index (χ2v) is 20.9. The Bertz CT molecular complexity index is 3470. The Balaban J connectivity index is 1.05. The molecular weight excluding hydrogens is 988 g/mol. The van der Waals surface area contributed by atoms with Crippen LogP contribution in [0.25, 0.3) is 66.6 Å². The van der Waals surface area contributed by atoms with Gasteiger partial charge < -0.3 is 0 Å². The van der Waals surface area contributed by atoms with E-state index >= 15 is 0 Å². The molecule has 0 N–H and O–H groups in total. The van der Waals surface area contributed by atoms with Gasteiger partial charge in [0.15, 0.2) is 0 Å². The quantitative estimate of drug-likeness (QED) is 0.159. The van der Waals surface area contributed by atoms with E-state index in [9.17, 15) is 0 Å². The molecule has 1 aliphatic rings. The average Bonchev–Trinajstić information content (AvgIpc) is 3.81. The first-order valence-electron chi connectivity index (χ1n) is 23.2. The van der Waals surface area contributed by atoms with Gasteiger partial charge in [-0.05, 0) is 29.2 Å². The molecule has 7 aromatic carbocycles. The molecule has 0 spiro atoms. The van der Waals surface area contributed by atoms with Crippen molar-refractivity contribution in [2.75, 3.05) is 0 Å². The van der Waals surface area contributed by atoms with E-state index in [0.29, 0.717) is 0 Å². The Kier molecular flexibility index (Phi) is 10.5. The molecule has 3 heterocycles. The summed E-state index contributed by atoms with van der Waals surface area (Å²) in [5, 5.41) is 2.37. The smallest absolute Gasteiger partial charge is 0.0149 e. The number of imidazole rings is 1. The van der Waals surface area contributed by atoms with Crippen molar-refractivity contribution in [3.8, 4) is 45.3 Å². The standard InChI is InChI=1S/C60H54N4O.Pt/c1-59(2,3)43-32-33-61-57(36-43)64-53-24-14-13-23-47(53)48-31-30-46(38-56(48)64)65-45-29-28-42-22-17-27-52(49(42)37-45)62-39-63(55-26-16-15-25-54(55)62)58-50(40-18-9-7-10-19-40)34-44(60(4,5)6)35-51(58)41-20-11-8-12-21-41;/h7-16,18-21,23-26,28-38,52H,17,22,27H2,1-6H3;. The SMILES string of the molecule is CC(C)(C)c1ccnc(-n2c3ccccc3c3ccc(Oc4ccc5c(c4)C(n4[c](=[Pt])n(-c6c(-c7ccccc7)cc(C(C)(C)C)cc6-c6ccccc6)c6ccccc64)CCC5)cc32)c1. The molecule has 1 unspecified atom stereocenters. The Morgan fingerprint density at radius 1 is 0.545 bits per heavy atom. The zero-order chi connectivity index (χ0) is 45.3. The first-order valence-corrected chi connectivity index (χ1v) is 24.3. The van der Waals surface area contributed by atoms with Crippen LogP contribution < -0.4 is 4.74 Å². The van der Waals surface area contributed by atoms with Crippen LogP contribution in [0.5, 0.6) is 11.5 Å². The summed E-state index contributed by atoms with van der Waals surface area (Å²) in [7, 11) is 0. The number of benzene rings is 7. The minimum atomic E-state index is -0.0530.